The molecule has 0 radical (unpaired) electrons. The van der Waals surface area contributed by atoms with Crippen molar-refractivity contribution in [3.05, 3.63) is 29.3 Å². The molecule has 2 unspecified atom stereocenters. The molecule has 1 saturated carbocycles. The first-order chi connectivity index (χ1) is 10.00. The van der Waals surface area contributed by atoms with Gasteiger partial charge in [-0.15, -0.1) is 0 Å². The number of aryl methyl sites for hydroxylation is 2. The van der Waals surface area contributed by atoms with E-state index in [2.05, 4.69) is 0 Å². The van der Waals surface area contributed by atoms with Gasteiger partial charge in [0.25, 0.3) is 0 Å². The first-order valence-corrected chi connectivity index (χ1v) is 9.15. The molecule has 0 amide bonds. The van der Waals surface area contributed by atoms with Crippen LogP contribution < -0.4 is 0 Å². The van der Waals surface area contributed by atoms with E-state index < -0.39 is 10.0 Å². The van der Waals surface area contributed by atoms with Crippen LogP contribution in [0.25, 0.3) is 0 Å². The Balaban J connectivity index is 1.94. The van der Waals surface area contributed by atoms with Crippen LogP contribution in [0.2, 0.25) is 0 Å². The van der Waals surface area contributed by atoms with E-state index in [1.54, 1.807) is 16.4 Å². The van der Waals surface area contributed by atoms with Crippen LogP contribution in [0.4, 0.5) is 0 Å². The highest BCUT2D eigenvalue weighted by Gasteiger charge is 2.40. The fourth-order valence-electron chi connectivity index (χ4n) is 3.37. The fraction of sp³-hybridized carbons (Fsp3) is 0.625. The van der Waals surface area contributed by atoms with E-state index in [-0.39, 0.29) is 12.1 Å². The van der Waals surface area contributed by atoms with Gasteiger partial charge in [0.05, 0.1) is 23.6 Å². The highest BCUT2D eigenvalue weighted by molar-refractivity contribution is 7.89. The molecule has 0 bridgehead atoms. The van der Waals surface area contributed by atoms with Gasteiger partial charge in [0.15, 0.2) is 0 Å². The van der Waals surface area contributed by atoms with Crippen LogP contribution in [-0.2, 0) is 14.8 Å². The molecule has 1 aliphatic heterocycles. The second kappa shape index (κ2) is 5.71. The highest BCUT2D eigenvalue weighted by atomic mass is 32.2. The van der Waals surface area contributed by atoms with Crippen molar-refractivity contribution in [1.29, 1.82) is 0 Å². The van der Waals surface area contributed by atoms with Gasteiger partial charge in [-0.1, -0.05) is 18.9 Å². The minimum absolute atomic E-state index is 0.0131. The van der Waals surface area contributed by atoms with Crippen LogP contribution in [0.3, 0.4) is 0 Å². The predicted molar refractivity (Wildman–Crippen MR) is 81.8 cm³/mol. The average Bonchev–Trinajstić information content (AvgIpc) is 2.49. The lowest BCUT2D eigenvalue weighted by Gasteiger charge is -2.42. The summed E-state index contributed by atoms with van der Waals surface area (Å²) in [5, 5.41) is 0. The highest BCUT2D eigenvalue weighted by Crippen LogP contribution is 2.32. The lowest BCUT2D eigenvalue weighted by Crippen LogP contribution is -2.54. The molecule has 0 aromatic heterocycles. The Bertz CT molecular complexity index is 624. The standard InChI is InChI=1S/C16H23NO3S/c1-12-7-8-14(11-13(12)2)21(18,19)17-9-10-20-16-6-4-3-5-15(16)17/h7-8,11,15-16H,3-6,9-10H2,1-2H3. The molecular weight excluding hydrogens is 286 g/mol. The molecule has 2 aliphatic rings. The molecule has 0 N–H and O–H groups in total. The third kappa shape index (κ3) is 2.74. The van der Waals surface area contributed by atoms with E-state index in [1.165, 1.54) is 0 Å². The van der Waals surface area contributed by atoms with E-state index in [4.69, 9.17) is 4.74 Å². The van der Waals surface area contributed by atoms with Gasteiger partial charge in [0.1, 0.15) is 0 Å². The van der Waals surface area contributed by atoms with Crippen molar-refractivity contribution in [2.45, 2.75) is 56.6 Å². The topological polar surface area (TPSA) is 46.6 Å². The van der Waals surface area contributed by atoms with Gasteiger partial charge < -0.3 is 4.74 Å². The number of nitrogens with zero attached hydrogens (tertiary/aromatic N) is 1. The van der Waals surface area contributed by atoms with Gasteiger partial charge >= 0.3 is 0 Å². The number of morpholine rings is 1. The maximum atomic E-state index is 13.0. The average molecular weight is 309 g/mol. The summed E-state index contributed by atoms with van der Waals surface area (Å²) in [5.74, 6) is 0. The van der Waals surface area contributed by atoms with Crippen LogP contribution in [-0.4, -0.2) is 38.0 Å². The summed E-state index contributed by atoms with van der Waals surface area (Å²) < 4.78 is 33.4. The smallest absolute Gasteiger partial charge is 0.243 e. The zero-order valence-electron chi connectivity index (χ0n) is 12.7. The van der Waals surface area contributed by atoms with Crippen molar-refractivity contribution in [1.82, 2.24) is 4.31 Å². The third-order valence-electron chi connectivity index (χ3n) is 4.77. The van der Waals surface area contributed by atoms with E-state index >= 15 is 0 Å². The van der Waals surface area contributed by atoms with E-state index in [1.807, 2.05) is 19.9 Å². The van der Waals surface area contributed by atoms with E-state index in [0.29, 0.717) is 18.0 Å². The van der Waals surface area contributed by atoms with Gasteiger partial charge in [0.2, 0.25) is 10.0 Å². The van der Waals surface area contributed by atoms with Crippen LogP contribution >= 0.6 is 0 Å². The number of rotatable bonds is 2. The number of benzene rings is 1. The van der Waals surface area contributed by atoms with Gasteiger partial charge in [-0.3, -0.25) is 0 Å². The molecule has 2 atom stereocenters. The van der Waals surface area contributed by atoms with Crippen LogP contribution in [0, 0.1) is 13.8 Å². The number of ether oxygens (including phenoxy) is 1. The molecule has 0 spiro atoms. The lowest BCUT2D eigenvalue weighted by atomic mass is 9.91. The predicted octanol–water partition coefficient (Wildman–Crippen LogP) is 2.64. The summed E-state index contributed by atoms with van der Waals surface area (Å²) in [5.41, 5.74) is 2.14. The monoisotopic (exact) mass is 309 g/mol. The normalized spacial score (nSPS) is 27.3. The lowest BCUT2D eigenvalue weighted by molar-refractivity contribution is -0.0586. The largest absolute Gasteiger partial charge is 0.375 e. The summed E-state index contributed by atoms with van der Waals surface area (Å²) in [4.78, 5) is 0.414. The quantitative estimate of drug-likeness (QED) is 0.844. The Morgan fingerprint density at radius 1 is 1.14 bits per heavy atom. The van der Waals surface area contributed by atoms with Crippen molar-refractivity contribution in [2.24, 2.45) is 0 Å². The summed E-state index contributed by atoms with van der Waals surface area (Å²) in [7, 11) is -3.42. The first-order valence-electron chi connectivity index (χ1n) is 7.71. The molecule has 1 saturated heterocycles. The Kier molecular flexibility index (Phi) is 4.08. The summed E-state index contributed by atoms with van der Waals surface area (Å²) in [6.07, 6.45) is 4.19. The third-order valence-corrected chi connectivity index (χ3v) is 6.69. The Hall–Kier alpha value is -0.910. The molecular formula is C16H23NO3S. The number of fused-ring (bicyclic) bond motifs is 1. The summed E-state index contributed by atoms with van der Waals surface area (Å²) >= 11 is 0. The van der Waals surface area contributed by atoms with E-state index in [0.717, 1.165) is 36.8 Å². The molecule has 1 aromatic carbocycles. The van der Waals surface area contributed by atoms with Gasteiger partial charge in [0, 0.05) is 6.54 Å². The zero-order chi connectivity index (χ0) is 15.0. The fourth-order valence-corrected chi connectivity index (χ4v) is 5.12. The second-order valence-corrected chi connectivity index (χ2v) is 8.01. The number of hydrogen-bond acceptors (Lipinski definition) is 3. The molecule has 1 aliphatic carbocycles. The Labute approximate surface area is 127 Å². The first kappa shape index (κ1) is 15.0. The Morgan fingerprint density at radius 2 is 1.90 bits per heavy atom. The van der Waals surface area contributed by atoms with Crippen molar-refractivity contribution < 1.29 is 13.2 Å². The molecule has 3 rings (SSSR count). The molecule has 4 nitrogen and oxygen atoms in total. The Morgan fingerprint density at radius 3 is 2.67 bits per heavy atom. The van der Waals surface area contributed by atoms with Crippen LogP contribution in [0.5, 0.6) is 0 Å². The second-order valence-electron chi connectivity index (χ2n) is 6.12. The SMILES string of the molecule is Cc1ccc(S(=O)(=O)N2CCOC3CCCCC32)cc1C. The minimum atomic E-state index is -3.42. The zero-order valence-corrected chi connectivity index (χ0v) is 13.5. The maximum Gasteiger partial charge on any atom is 0.243 e. The van der Waals surface area contributed by atoms with Gasteiger partial charge in [-0.05, 0) is 49.9 Å². The van der Waals surface area contributed by atoms with Gasteiger partial charge in [-0.2, -0.15) is 4.31 Å². The minimum Gasteiger partial charge on any atom is -0.375 e. The molecule has 116 valence electrons. The maximum absolute atomic E-state index is 13.0. The molecule has 21 heavy (non-hydrogen) atoms. The summed E-state index contributed by atoms with van der Waals surface area (Å²) in [6.45, 7) is 4.93. The van der Waals surface area contributed by atoms with E-state index in [9.17, 15) is 8.42 Å². The number of sulfonamides is 1. The van der Waals surface area contributed by atoms with Crippen molar-refractivity contribution in [2.75, 3.05) is 13.2 Å². The van der Waals surface area contributed by atoms with Gasteiger partial charge in [-0.25, -0.2) is 8.42 Å². The van der Waals surface area contributed by atoms with Crippen LogP contribution in [0.15, 0.2) is 23.1 Å². The van der Waals surface area contributed by atoms with Crippen molar-refractivity contribution in [3.8, 4) is 0 Å². The summed E-state index contributed by atoms with van der Waals surface area (Å²) in [6, 6.07) is 5.42. The molecule has 1 aromatic rings. The van der Waals surface area contributed by atoms with Crippen LogP contribution in [0.1, 0.15) is 36.8 Å². The molecule has 2 fully saturated rings. The molecule has 5 heteroatoms. The number of hydrogen-bond donors (Lipinski definition) is 0. The van der Waals surface area contributed by atoms with Crippen molar-refractivity contribution in [3.63, 3.8) is 0 Å². The molecule has 1 heterocycles. The van der Waals surface area contributed by atoms with Crippen molar-refractivity contribution >= 4 is 10.0 Å².